The first-order valence-corrected chi connectivity index (χ1v) is 8.71. The average Bonchev–Trinajstić information content (AvgIpc) is 2.69. The van der Waals surface area contributed by atoms with E-state index < -0.39 is 0 Å². The number of nitrogens with zero attached hydrogens (tertiary/aromatic N) is 6. The lowest BCUT2D eigenvalue weighted by atomic mass is 10.2. The molecule has 0 spiro atoms. The van der Waals surface area contributed by atoms with Crippen LogP contribution in [0.25, 0.3) is 34.2 Å². The van der Waals surface area contributed by atoms with Gasteiger partial charge in [-0.1, -0.05) is 0 Å². The molecular weight excluding hydrogens is 717 g/mol. The molecule has 0 bridgehead atoms. The van der Waals surface area contributed by atoms with Crippen LogP contribution in [-0.2, 0) is 21.1 Å². The molecule has 0 aliphatic heterocycles. The fraction of sp³-hybridized carbons (Fsp3) is 0.143. The van der Waals surface area contributed by atoms with Crippen LogP contribution in [0.5, 0.6) is 0 Å². The minimum absolute atomic E-state index is 0. The van der Waals surface area contributed by atoms with E-state index in [1.54, 1.807) is 0 Å². The molecule has 0 unspecified atom stereocenters. The van der Waals surface area contributed by atoms with E-state index in [4.69, 9.17) is 15.0 Å². The van der Waals surface area contributed by atoms with Crippen LogP contribution in [0.1, 0.15) is 0 Å². The predicted molar refractivity (Wildman–Crippen MR) is 99.7 cm³/mol. The standard InChI is InChI=1S/C21H21N6.3HI/c1-25-10-4-16(5-11-25)19-22-20(17-6-12-26(2)13-7-17)24-21(23-19)18-8-14-27(3)15-9-18;;;/h4-15H,1-3H3;3*1H/q+3;;;/p-3. The number of aryl methyl sites for hydroxylation is 3. The molecule has 4 aromatic rings. The van der Waals surface area contributed by atoms with Crippen LogP contribution < -0.4 is 85.6 Å². The predicted octanol–water partition coefficient (Wildman–Crippen LogP) is -7.64. The van der Waals surface area contributed by atoms with Gasteiger partial charge in [0.1, 0.15) is 21.1 Å². The summed E-state index contributed by atoms with van der Waals surface area (Å²) in [4.78, 5) is 14.2. The van der Waals surface area contributed by atoms with E-state index in [0.717, 1.165) is 16.7 Å². The Labute approximate surface area is 227 Å². The van der Waals surface area contributed by atoms with E-state index in [-0.39, 0.29) is 71.9 Å². The smallest absolute Gasteiger partial charge is 0.169 e. The molecule has 30 heavy (non-hydrogen) atoms. The van der Waals surface area contributed by atoms with Gasteiger partial charge in [-0.3, -0.25) is 0 Å². The monoisotopic (exact) mass is 738 g/mol. The van der Waals surface area contributed by atoms with Gasteiger partial charge in [-0.05, 0) is 0 Å². The first-order chi connectivity index (χ1) is 13.1. The van der Waals surface area contributed by atoms with Crippen molar-refractivity contribution >= 4 is 0 Å². The van der Waals surface area contributed by atoms with Gasteiger partial charge in [0.2, 0.25) is 0 Å². The van der Waals surface area contributed by atoms with Crippen molar-refractivity contribution in [2.45, 2.75) is 0 Å². The summed E-state index contributed by atoms with van der Waals surface area (Å²) in [6.45, 7) is 0. The summed E-state index contributed by atoms with van der Waals surface area (Å²) in [5.41, 5.74) is 2.88. The van der Waals surface area contributed by atoms with Crippen LogP contribution in [0, 0.1) is 0 Å². The van der Waals surface area contributed by atoms with Gasteiger partial charge < -0.3 is 71.9 Å². The van der Waals surface area contributed by atoms with Crippen molar-refractivity contribution in [3.05, 3.63) is 73.6 Å². The maximum Gasteiger partial charge on any atom is 0.169 e. The SMILES string of the molecule is C[n+]1ccc(-c2nc(-c3cc[n+](C)cc3)nc(-c3cc[n+](C)cc3)n2)cc1.[I-].[I-].[I-]. The molecule has 0 aliphatic rings. The molecule has 0 radical (unpaired) electrons. The third-order valence-corrected chi connectivity index (χ3v) is 4.35. The summed E-state index contributed by atoms with van der Waals surface area (Å²) < 4.78 is 5.96. The molecule has 156 valence electrons. The largest absolute Gasteiger partial charge is 1.00 e. The molecule has 0 aromatic carbocycles. The van der Waals surface area contributed by atoms with Crippen LogP contribution in [0.2, 0.25) is 0 Å². The molecule has 4 aromatic heterocycles. The number of hydrogen-bond acceptors (Lipinski definition) is 3. The summed E-state index contributed by atoms with van der Waals surface area (Å²) in [6.07, 6.45) is 11.9. The highest BCUT2D eigenvalue weighted by Crippen LogP contribution is 2.23. The van der Waals surface area contributed by atoms with Crippen molar-refractivity contribution in [1.82, 2.24) is 15.0 Å². The van der Waals surface area contributed by atoms with Crippen LogP contribution in [-0.4, -0.2) is 15.0 Å². The van der Waals surface area contributed by atoms with Gasteiger partial charge in [0, 0.05) is 53.1 Å². The lowest BCUT2D eigenvalue weighted by molar-refractivity contribution is -0.671. The van der Waals surface area contributed by atoms with Crippen LogP contribution in [0.4, 0.5) is 0 Å². The van der Waals surface area contributed by atoms with Gasteiger partial charge in [-0.15, -0.1) is 0 Å². The number of rotatable bonds is 3. The molecule has 0 saturated carbocycles. The average molecular weight is 738 g/mol. The van der Waals surface area contributed by atoms with Crippen molar-refractivity contribution in [3.63, 3.8) is 0 Å². The Hall–Kier alpha value is -1.35. The van der Waals surface area contributed by atoms with Crippen LogP contribution >= 0.6 is 0 Å². The zero-order valence-electron chi connectivity index (χ0n) is 16.7. The molecular formula is C21H21I3N6. The highest BCUT2D eigenvalue weighted by Gasteiger charge is 2.14. The molecule has 0 atom stereocenters. The number of aromatic nitrogens is 6. The Balaban J connectivity index is 0.00000150. The zero-order valence-corrected chi connectivity index (χ0v) is 23.2. The Morgan fingerprint density at radius 1 is 0.433 bits per heavy atom. The highest BCUT2D eigenvalue weighted by molar-refractivity contribution is 5.65. The first-order valence-electron chi connectivity index (χ1n) is 8.71. The molecule has 6 nitrogen and oxygen atoms in total. The number of hydrogen-bond donors (Lipinski definition) is 0. The van der Waals surface area contributed by atoms with Gasteiger partial charge in [-0.25, -0.2) is 28.7 Å². The van der Waals surface area contributed by atoms with Gasteiger partial charge >= 0.3 is 0 Å². The Morgan fingerprint density at radius 3 is 0.833 bits per heavy atom. The Kier molecular flexibility index (Phi) is 10.6. The number of halogens is 3. The lowest BCUT2D eigenvalue weighted by Gasteiger charge is -2.07. The normalized spacial score (nSPS) is 9.70. The molecule has 4 rings (SSSR count). The van der Waals surface area contributed by atoms with Gasteiger partial charge in [0.25, 0.3) is 0 Å². The second kappa shape index (κ2) is 11.9. The van der Waals surface area contributed by atoms with E-state index in [1.165, 1.54) is 0 Å². The highest BCUT2D eigenvalue weighted by atomic mass is 127. The molecule has 4 heterocycles. The Bertz CT molecular complexity index is 931. The summed E-state index contributed by atoms with van der Waals surface area (Å²) in [6, 6.07) is 12.1. The maximum absolute atomic E-state index is 4.73. The molecule has 0 saturated heterocycles. The summed E-state index contributed by atoms with van der Waals surface area (Å²) in [7, 11) is 5.96. The van der Waals surface area contributed by atoms with Crippen molar-refractivity contribution in [2.24, 2.45) is 21.1 Å². The molecule has 0 N–H and O–H groups in total. The first kappa shape index (κ1) is 26.7. The topological polar surface area (TPSA) is 50.3 Å². The van der Waals surface area contributed by atoms with Crippen molar-refractivity contribution in [2.75, 3.05) is 0 Å². The van der Waals surface area contributed by atoms with E-state index >= 15 is 0 Å². The Morgan fingerprint density at radius 2 is 0.633 bits per heavy atom. The van der Waals surface area contributed by atoms with E-state index in [2.05, 4.69) is 0 Å². The van der Waals surface area contributed by atoms with Crippen molar-refractivity contribution in [1.29, 1.82) is 0 Å². The van der Waals surface area contributed by atoms with E-state index in [9.17, 15) is 0 Å². The van der Waals surface area contributed by atoms with Crippen LogP contribution in [0.3, 0.4) is 0 Å². The van der Waals surface area contributed by atoms with Gasteiger partial charge in [0.05, 0.1) is 0 Å². The summed E-state index contributed by atoms with van der Waals surface area (Å²) in [5.74, 6) is 1.99. The second-order valence-corrected chi connectivity index (χ2v) is 6.56. The van der Waals surface area contributed by atoms with Crippen molar-refractivity contribution < 1.29 is 85.6 Å². The summed E-state index contributed by atoms with van der Waals surface area (Å²) in [5, 5.41) is 0. The fourth-order valence-corrected chi connectivity index (χ4v) is 2.71. The maximum atomic E-state index is 4.73. The number of pyridine rings is 3. The fourth-order valence-electron chi connectivity index (χ4n) is 2.71. The molecule has 0 amide bonds. The third-order valence-electron chi connectivity index (χ3n) is 4.35. The van der Waals surface area contributed by atoms with Gasteiger partial charge in [0.15, 0.2) is 54.7 Å². The quantitative estimate of drug-likeness (QED) is 0.155. The minimum Gasteiger partial charge on any atom is -1.00 e. The second-order valence-electron chi connectivity index (χ2n) is 6.56. The molecule has 0 fully saturated rings. The van der Waals surface area contributed by atoms with Crippen molar-refractivity contribution in [3.8, 4) is 34.2 Å². The zero-order chi connectivity index (χ0) is 18.8. The van der Waals surface area contributed by atoms with E-state index in [0.29, 0.717) is 17.5 Å². The minimum atomic E-state index is 0. The molecule has 0 aliphatic carbocycles. The van der Waals surface area contributed by atoms with Crippen LogP contribution in [0.15, 0.2) is 73.6 Å². The van der Waals surface area contributed by atoms with E-state index in [1.807, 2.05) is 108 Å². The summed E-state index contributed by atoms with van der Waals surface area (Å²) >= 11 is 0. The lowest BCUT2D eigenvalue weighted by Crippen LogP contribution is -3.00. The molecule has 9 heteroatoms. The third kappa shape index (κ3) is 6.33. The van der Waals surface area contributed by atoms with Gasteiger partial charge in [-0.2, -0.15) is 0 Å².